The highest BCUT2D eigenvalue weighted by molar-refractivity contribution is 8.14. The molecule has 1 aromatic carbocycles. The van der Waals surface area contributed by atoms with Crippen LogP contribution in [0.25, 0.3) is 0 Å². The molecule has 19 heavy (non-hydrogen) atoms. The molecule has 1 atom stereocenters. The smallest absolute Gasteiger partial charge is 0.157 e. The summed E-state index contributed by atoms with van der Waals surface area (Å²) in [5, 5.41) is 4.71. The molecule has 1 unspecified atom stereocenters. The van der Waals surface area contributed by atoms with E-state index in [1.165, 1.54) is 6.07 Å². The van der Waals surface area contributed by atoms with Crippen molar-refractivity contribution in [1.82, 2.24) is 5.32 Å². The van der Waals surface area contributed by atoms with Crippen LogP contribution in [0.3, 0.4) is 0 Å². The lowest BCUT2D eigenvalue weighted by Crippen LogP contribution is -2.20. The predicted octanol–water partition coefficient (Wildman–Crippen LogP) is 3.82. The number of aliphatic imine (C=N–C) groups is 1. The third kappa shape index (κ3) is 4.53. The van der Waals surface area contributed by atoms with Gasteiger partial charge < -0.3 is 5.32 Å². The van der Waals surface area contributed by atoms with Gasteiger partial charge in [0, 0.05) is 17.4 Å². The molecule has 1 aliphatic heterocycles. The average molecular weight is 280 g/mol. The molecule has 0 aromatic heterocycles. The maximum Gasteiger partial charge on any atom is 0.157 e. The van der Waals surface area contributed by atoms with Crippen molar-refractivity contribution in [2.75, 3.05) is 6.54 Å². The Morgan fingerprint density at radius 2 is 2.11 bits per heavy atom. The topological polar surface area (TPSA) is 24.4 Å². The van der Waals surface area contributed by atoms with Crippen LogP contribution in [-0.4, -0.2) is 17.0 Å². The first-order valence-electron chi connectivity index (χ1n) is 6.62. The molecule has 0 radical (unpaired) electrons. The fourth-order valence-electron chi connectivity index (χ4n) is 2.12. The van der Waals surface area contributed by atoms with E-state index in [4.69, 9.17) is 0 Å². The highest BCUT2D eigenvalue weighted by Gasteiger charge is 2.24. The molecule has 0 saturated heterocycles. The molecule has 104 valence electrons. The van der Waals surface area contributed by atoms with E-state index in [1.54, 1.807) is 23.9 Å². The van der Waals surface area contributed by atoms with Crippen LogP contribution >= 0.6 is 11.8 Å². The van der Waals surface area contributed by atoms with Crippen LogP contribution < -0.4 is 5.32 Å². The third-order valence-electron chi connectivity index (χ3n) is 2.94. The average Bonchev–Trinajstić information content (AvgIpc) is 2.73. The highest BCUT2D eigenvalue weighted by atomic mass is 32.2. The summed E-state index contributed by atoms with van der Waals surface area (Å²) in [5.74, 6) is -0.162. The number of nitrogens with zero attached hydrogens (tertiary/aromatic N) is 1. The number of rotatable bonds is 3. The minimum absolute atomic E-state index is 0.162. The van der Waals surface area contributed by atoms with Gasteiger partial charge in [0.2, 0.25) is 0 Å². The molecule has 0 aliphatic carbocycles. The van der Waals surface area contributed by atoms with Gasteiger partial charge in [0.05, 0.1) is 6.54 Å². The van der Waals surface area contributed by atoms with Crippen LogP contribution in [0.2, 0.25) is 0 Å². The summed E-state index contributed by atoms with van der Waals surface area (Å²) < 4.78 is 13.5. The molecule has 1 N–H and O–H groups in total. The van der Waals surface area contributed by atoms with Gasteiger partial charge in [-0.2, -0.15) is 0 Å². The zero-order chi connectivity index (χ0) is 13.9. The standard InChI is InChI=1S/C15H21FN2S/c1-15(2,3)8-12-10-18-14(19-12)17-9-11-6-4-5-7-13(11)16/h4-7,12H,8-10H2,1-3H3,(H,17,18). The van der Waals surface area contributed by atoms with E-state index in [0.717, 1.165) is 18.1 Å². The summed E-state index contributed by atoms with van der Waals surface area (Å²) in [5.41, 5.74) is 1.01. The van der Waals surface area contributed by atoms with Crippen molar-refractivity contribution in [2.45, 2.75) is 39.0 Å². The van der Waals surface area contributed by atoms with Gasteiger partial charge >= 0.3 is 0 Å². The Labute approximate surface area is 118 Å². The molecule has 2 nitrogen and oxygen atoms in total. The molecule has 1 aliphatic rings. The van der Waals surface area contributed by atoms with Crippen molar-refractivity contribution in [3.8, 4) is 0 Å². The Kier molecular flexibility index (Phi) is 4.50. The lowest BCUT2D eigenvalue weighted by Gasteiger charge is -2.21. The first kappa shape index (κ1) is 14.4. The highest BCUT2D eigenvalue weighted by Crippen LogP contribution is 2.31. The second kappa shape index (κ2) is 5.95. The van der Waals surface area contributed by atoms with Crippen LogP contribution in [0.4, 0.5) is 4.39 Å². The Morgan fingerprint density at radius 1 is 1.37 bits per heavy atom. The quantitative estimate of drug-likeness (QED) is 0.910. The van der Waals surface area contributed by atoms with Crippen molar-refractivity contribution in [3.63, 3.8) is 0 Å². The van der Waals surface area contributed by atoms with Gasteiger partial charge in [0.15, 0.2) is 5.17 Å². The van der Waals surface area contributed by atoms with Gasteiger partial charge in [-0.15, -0.1) is 0 Å². The SMILES string of the molecule is CC(C)(C)CC1CN=C(NCc2ccccc2F)S1. The zero-order valence-electron chi connectivity index (χ0n) is 11.7. The van der Waals surface area contributed by atoms with Crippen LogP contribution in [-0.2, 0) is 6.54 Å². The molecular weight excluding hydrogens is 259 g/mol. The lowest BCUT2D eigenvalue weighted by molar-refractivity contribution is 0.375. The second-order valence-corrected chi connectivity index (χ2v) is 7.38. The van der Waals surface area contributed by atoms with E-state index in [0.29, 0.717) is 22.8 Å². The number of hydrogen-bond acceptors (Lipinski definition) is 3. The monoisotopic (exact) mass is 280 g/mol. The fourth-order valence-corrected chi connectivity index (χ4v) is 3.47. The summed E-state index contributed by atoms with van der Waals surface area (Å²) >= 11 is 1.78. The molecule has 0 spiro atoms. The van der Waals surface area contributed by atoms with Gasteiger partial charge in [0.1, 0.15) is 5.82 Å². The van der Waals surface area contributed by atoms with Crippen molar-refractivity contribution in [2.24, 2.45) is 10.4 Å². The van der Waals surface area contributed by atoms with Gasteiger partial charge in [0.25, 0.3) is 0 Å². The number of benzene rings is 1. The van der Waals surface area contributed by atoms with Gasteiger partial charge in [-0.05, 0) is 17.9 Å². The largest absolute Gasteiger partial charge is 0.361 e. The van der Waals surface area contributed by atoms with E-state index in [2.05, 4.69) is 31.1 Å². The minimum atomic E-state index is -0.162. The number of halogens is 1. The Balaban J connectivity index is 1.81. The van der Waals surface area contributed by atoms with Gasteiger partial charge in [-0.1, -0.05) is 50.7 Å². The molecule has 0 bridgehead atoms. The summed E-state index contributed by atoms with van der Waals surface area (Å²) in [4.78, 5) is 4.49. The zero-order valence-corrected chi connectivity index (χ0v) is 12.6. The summed E-state index contributed by atoms with van der Waals surface area (Å²) in [6.45, 7) is 8.11. The van der Waals surface area contributed by atoms with Crippen LogP contribution in [0.15, 0.2) is 29.3 Å². The molecule has 1 aromatic rings. The van der Waals surface area contributed by atoms with Crippen LogP contribution in [0.5, 0.6) is 0 Å². The first-order valence-corrected chi connectivity index (χ1v) is 7.50. The number of hydrogen-bond donors (Lipinski definition) is 1. The summed E-state index contributed by atoms with van der Waals surface area (Å²) in [6, 6.07) is 6.85. The third-order valence-corrected chi connectivity index (χ3v) is 4.09. The van der Waals surface area contributed by atoms with Crippen LogP contribution in [0, 0.1) is 11.2 Å². The first-order chi connectivity index (χ1) is 8.94. The normalized spacial score (nSPS) is 19.4. The van der Waals surface area contributed by atoms with E-state index in [-0.39, 0.29) is 5.82 Å². The Morgan fingerprint density at radius 3 is 2.79 bits per heavy atom. The second-order valence-electron chi connectivity index (χ2n) is 6.10. The van der Waals surface area contributed by atoms with Crippen molar-refractivity contribution in [3.05, 3.63) is 35.6 Å². The van der Waals surface area contributed by atoms with Gasteiger partial charge in [-0.25, -0.2) is 4.39 Å². The molecule has 2 rings (SSSR count). The number of nitrogens with one attached hydrogen (secondary N) is 1. The molecule has 0 fully saturated rings. The van der Waals surface area contributed by atoms with Crippen LogP contribution in [0.1, 0.15) is 32.8 Å². The predicted molar refractivity (Wildman–Crippen MR) is 81.0 cm³/mol. The summed E-state index contributed by atoms with van der Waals surface area (Å²) in [6.07, 6.45) is 1.14. The van der Waals surface area contributed by atoms with E-state index in [9.17, 15) is 4.39 Å². The minimum Gasteiger partial charge on any atom is -0.361 e. The van der Waals surface area contributed by atoms with E-state index in [1.807, 2.05) is 6.07 Å². The molecule has 0 amide bonds. The number of amidine groups is 1. The maximum absolute atomic E-state index is 13.5. The molecule has 1 heterocycles. The van der Waals surface area contributed by atoms with Crippen molar-refractivity contribution in [1.29, 1.82) is 0 Å². The Bertz CT molecular complexity index is 465. The number of thioether (sulfide) groups is 1. The fraction of sp³-hybridized carbons (Fsp3) is 0.533. The van der Waals surface area contributed by atoms with Crippen molar-refractivity contribution < 1.29 is 4.39 Å². The Hall–Kier alpha value is -1.03. The lowest BCUT2D eigenvalue weighted by atomic mass is 9.90. The summed E-state index contributed by atoms with van der Waals surface area (Å²) in [7, 11) is 0. The van der Waals surface area contributed by atoms with E-state index < -0.39 is 0 Å². The maximum atomic E-state index is 13.5. The van der Waals surface area contributed by atoms with E-state index >= 15 is 0 Å². The molecular formula is C15H21FN2S. The molecule has 0 saturated carbocycles. The van der Waals surface area contributed by atoms with Crippen molar-refractivity contribution >= 4 is 16.9 Å². The molecule has 4 heteroatoms. The van der Waals surface area contributed by atoms with Gasteiger partial charge in [-0.3, -0.25) is 4.99 Å².